The van der Waals surface area contributed by atoms with Gasteiger partial charge in [0, 0.05) is 0 Å². The first-order chi connectivity index (χ1) is 5.29. The number of hydrogen-bond donors (Lipinski definition) is 0. The summed E-state index contributed by atoms with van der Waals surface area (Å²) in [5.74, 6) is 0. The Morgan fingerprint density at radius 1 is 1.25 bits per heavy atom. The van der Waals surface area contributed by atoms with Crippen molar-refractivity contribution in [3.63, 3.8) is 0 Å². The molecular weight excluding hydrogens is 167 g/mol. The van der Waals surface area contributed by atoms with E-state index in [2.05, 4.69) is 10.2 Å². The van der Waals surface area contributed by atoms with Crippen molar-refractivity contribution in [1.29, 1.82) is 0 Å². The summed E-state index contributed by atoms with van der Waals surface area (Å²) in [5, 5.41) is 16.0. The van der Waals surface area contributed by atoms with E-state index in [1.165, 1.54) is 0 Å². The molecule has 0 fully saturated rings. The Labute approximate surface area is 91.6 Å². The van der Waals surface area contributed by atoms with Gasteiger partial charge >= 0.3 is 29.6 Å². The molecule has 0 saturated carbocycles. The smallest absolute Gasteiger partial charge is 0.527 e. The van der Waals surface area contributed by atoms with Crippen molar-refractivity contribution in [2.45, 2.75) is 0 Å². The molecule has 0 spiro atoms. The van der Waals surface area contributed by atoms with E-state index >= 15 is 0 Å². The molecule has 0 N–H and O–H groups in total. The minimum absolute atomic E-state index is 0. The van der Waals surface area contributed by atoms with Crippen LogP contribution in [-0.2, 0) is 0 Å². The Hall–Kier alpha value is -0.710. The van der Waals surface area contributed by atoms with Crippen LogP contribution in [-0.4, -0.2) is 6.09 Å². The van der Waals surface area contributed by atoms with Crippen LogP contribution in [0.15, 0.2) is 40.6 Å². The van der Waals surface area contributed by atoms with Crippen LogP contribution in [0.25, 0.3) is 0 Å². The molecule has 0 aliphatic rings. The van der Waals surface area contributed by atoms with E-state index in [9.17, 15) is 9.90 Å². The van der Waals surface area contributed by atoms with Crippen LogP contribution in [0.3, 0.4) is 0 Å². The normalized spacial score (nSPS) is 9.33. The maximum absolute atomic E-state index is 9.80. The predicted molar refractivity (Wildman–Crippen MR) is 36.4 cm³/mol. The Balaban J connectivity index is 0.00000121. The van der Waals surface area contributed by atoms with Crippen LogP contribution < -0.4 is 34.7 Å². The molecule has 0 aliphatic heterocycles. The van der Waals surface area contributed by atoms with Gasteiger partial charge in [0.15, 0.2) is 6.09 Å². The van der Waals surface area contributed by atoms with Crippen LogP contribution >= 0.6 is 0 Å². The van der Waals surface area contributed by atoms with Gasteiger partial charge in [0.05, 0.1) is 5.69 Å². The van der Waals surface area contributed by atoms with Crippen molar-refractivity contribution in [3.8, 4) is 0 Å². The fraction of sp³-hybridized carbons (Fsp3) is 0. The summed E-state index contributed by atoms with van der Waals surface area (Å²) in [4.78, 5) is 9.80. The Kier molecular flexibility index (Phi) is 5.53. The maximum Gasteiger partial charge on any atom is 1.00 e. The number of rotatable bonds is 1. The summed E-state index contributed by atoms with van der Waals surface area (Å²) in [6.45, 7) is 0. The second-order valence-electron chi connectivity index (χ2n) is 1.80. The van der Waals surface area contributed by atoms with Gasteiger partial charge in [-0.3, -0.25) is 0 Å². The molecule has 56 valence electrons. The zero-order chi connectivity index (χ0) is 8.10. The van der Waals surface area contributed by atoms with E-state index in [1.54, 1.807) is 30.3 Å². The summed E-state index contributed by atoms with van der Waals surface area (Å²) < 4.78 is 0. The minimum atomic E-state index is -1.53. The number of hydrogen-bond acceptors (Lipinski definition) is 3. The fourth-order valence-electron chi connectivity index (χ4n) is 0.593. The minimum Gasteiger partial charge on any atom is -0.527 e. The zero-order valence-electron chi connectivity index (χ0n) is 6.60. The average molecular weight is 172 g/mol. The molecule has 0 radical (unpaired) electrons. The Morgan fingerprint density at radius 2 is 1.83 bits per heavy atom. The number of carbonyl (C=O) groups excluding carboxylic acids is 1. The zero-order valence-corrected chi connectivity index (χ0v) is 8.60. The molecule has 1 aromatic rings. The maximum atomic E-state index is 9.80. The number of carbonyl (C=O) groups is 1. The van der Waals surface area contributed by atoms with Crippen LogP contribution in [0.1, 0.15) is 0 Å². The predicted octanol–water partition coefficient (Wildman–Crippen LogP) is -1.88. The standard InChI is InChI=1S/C7H6N2O2.Na/c10-7(11)9-8-6-4-2-1-3-5-6;/h1-5H,(H,10,11);/q;+1/p-1. The summed E-state index contributed by atoms with van der Waals surface area (Å²) >= 11 is 0. The summed E-state index contributed by atoms with van der Waals surface area (Å²) in [7, 11) is 0. The van der Waals surface area contributed by atoms with Crippen molar-refractivity contribution in [1.82, 2.24) is 0 Å². The second-order valence-corrected chi connectivity index (χ2v) is 1.80. The molecule has 4 nitrogen and oxygen atoms in total. The van der Waals surface area contributed by atoms with Gasteiger partial charge in [0.1, 0.15) is 0 Å². The number of nitrogens with zero attached hydrogens (tertiary/aromatic N) is 2. The first-order valence-corrected chi connectivity index (χ1v) is 2.97. The molecule has 0 unspecified atom stereocenters. The fourth-order valence-corrected chi connectivity index (χ4v) is 0.593. The molecule has 0 heterocycles. The molecular formula is C7H5N2NaO2. The van der Waals surface area contributed by atoms with Gasteiger partial charge < -0.3 is 9.90 Å². The van der Waals surface area contributed by atoms with Crippen LogP contribution in [0.2, 0.25) is 0 Å². The van der Waals surface area contributed by atoms with E-state index in [4.69, 9.17) is 0 Å². The van der Waals surface area contributed by atoms with E-state index in [0.717, 1.165) is 0 Å². The van der Waals surface area contributed by atoms with Crippen molar-refractivity contribution < 1.29 is 39.5 Å². The van der Waals surface area contributed by atoms with Gasteiger partial charge in [-0.25, -0.2) is 0 Å². The molecule has 1 amide bonds. The topological polar surface area (TPSA) is 64.8 Å². The Morgan fingerprint density at radius 3 is 2.33 bits per heavy atom. The summed E-state index contributed by atoms with van der Waals surface area (Å²) in [6.07, 6.45) is -1.53. The molecule has 1 rings (SSSR count). The second kappa shape index (κ2) is 5.88. The molecule has 0 saturated heterocycles. The Bertz CT molecular complexity index is 274. The number of benzene rings is 1. The third-order valence-electron chi connectivity index (χ3n) is 1.00. The molecule has 0 bridgehead atoms. The van der Waals surface area contributed by atoms with E-state index < -0.39 is 6.09 Å². The van der Waals surface area contributed by atoms with Gasteiger partial charge in [-0.05, 0) is 12.1 Å². The molecule has 12 heavy (non-hydrogen) atoms. The van der Waals surface area contributed by atoms with Gasteiger partial charge in [-0.1, -0.05) is 18.2 Å². The van der Waals surface area contributed by atoms with Crippen LogP contribution in [0, 0.1) is 0 Å². The van der Waals surface area contributed by atoms with Crippen LogP contribution in [0.5, 0.6) is 0 Å². The number of amides is 1. The summed E-state index contributed by atoms with van der Waals surface area (Å²) in [5.41, 5.74) is 0.497. The van der Waals surface area contributed by atoms with Gasteiger partial charge in [-0.15, -0.1) is 10.2 Å². The largest absolute Gasteiger partial charge is 1.00 e. The van der Waals surface area contributed by atoms with Crippen molar-refractivity contribution in [2.75, 3.05) is 0 Å². The van der Waals surface area contributed by atoms with Gasteiger partial charge in [0.25, 0.3) is 0 Å². The first-order valence-electron chi connectivity index (χ1n) is 2.97. The van der Waals surface area contributed by atoms with E-state index in [-0.39, 0.29) is 29.6 Å². The monoisotopic (exact) mass is 172 g/mol. The quantitative estimate of drug-likeness (QED) is 0.367. The van der Waals surface area contributed by atoms with Crippen LogP contribution in [0.4, 0.5) is 10.5 Å². The summed E-state index contributed by atoms with van der Waals surface area (Å²) in [6, 6.07) is 8.57. The number of azo groups is 1. The van der Waals surface area contributed by atoms with E-state index in [1.807, 2.05) is 0 Å². The molecule has 0 atom stereocenters. The van der Waals surface area contributed by atoms with Crippen molar-refractivity contribution >= 4 is 11.8 Å². The van der Waals surface area contributed by atoms with Gasteiger partial charge in [-0.2, -0.15) is 0 Å². The van der Waals surface area contributed by atoms with Crippen molar-refractivity contribution in [3.05, 3.63) is 30.3 Å². The average Bonchev–Trinajstić information content (AvgIpc) is 2.03. The van der Waals surface area contributed by atoms with Crippen molar-refractivity contribution in [2.24, 2.45) is 10.2 Å². The van der Waals surface area contributed by atoms with E-state index in [0.29, 0.717) is 5.69 Å². The van der Waals surface area contributed by atoms with Gasteiger partial charge in [0.2, 0.25) is 0 Å². The molecule has 1 aromatic carbocycles. The number of carboxylic acid groups (broad SMARTS) is 1. The SMILES string of the molecule is O=C([O-])N=Nc1ccccc1.[Na+]. The first kappa shape index (κ1) is 11.3. The third kappa shape index (κ3) is 4.23. The third-order valence-corrected chi connectivity index (χ3v) is 1.00. The molecule has 0 aromatic heterocycles. The molecule has 0 aliphatic carbocycles. The molecule has 5 heteroatoms.